The van der Waals surface area contributed by atoms with Gasteiger partial charge in [0, 0.05) is 18.0 Å². The molecule has 0 saturated carbocycles. The van der Waals surface area contributed by atoms with Crippen LogP contribution in [0.2, 0.25) is 0 Å². The highest BCUT2D eigenvalue weighted by atomic mass is 32.1. The molecule has 4 heteroatoms. The van der Waals surface area contributed by atoms with E-state index in [-0.39, 0.29) is 0 Å². The quantitative estimate of drug-likeness (QED) is 0.882. The molecule has 0 fully saturated rings. The topological polar surface area (TPSA) is 37.8 Å². The van der Waals surface area contributed by atoms with Crippen LogP contribution in [0.3, 0.4) is 0 Å². The fraction of sp³-hybridized carbons (Fsp3) is 0.333. The minimum absolute atomic E-state index is 0.335. The molecule has 0 amide bonds. The second kappa shape index (κ2) is 5.18. The largest absolute Gasteiger partial charge is 0.304 e. The molecule has 0 spiro atoms. The molecule has 3 nitrogen and oxygen atoms in total. The molecule has 16 heavy (non-hydrogen) atoms. The molecule has 2 aromatic rings. The van der Waals surface area contributed by atoms with E-state index in [0.717, 1.165) is 12.2 Å². The van der Waals surface area contributed by atoms with Crippen LogP contribution in [0.4, 0.5) is 0 Å². The zero-order valence-electron chi connectivity index (χ0n) is 9.47. The number of rotatable bonds is 4. The van der Waals surface area contributed by atoms with E-state index in [1.807, 2.05) is 5.38 Å². The fourth-order valence-electron chi connectivity index (χ4n) is 1.58. The van der Waals surface area contributed by atoms with Crippen molar-refractivity contribution in [2.75, 3.05) is 0 Å². The number of nitrogens with zero attached hydrogens (tertiary/aromatic N) is 2. The maximum atomic E-state index is 4.01. The summed E-state index contributed by atoms with van der Waals surface area (Å²) in [6.07, 6.45) is 0. The third kappa shape index (κ3) is 2.87. The van der Waals surface area contributed by atoms with Crippen molar-refractivity contribution in [2.45, 2.75) is 26.4 Å². The van der Waals surface area contributed by atoms with Crippen LogP contribution < -0.4 is 5.32 Å². The predicted molar refractivity (Wildman–Crippen MR) is 66.3 cm³/mol. The fourth-order valence-corrected chi connectivity index (χ4v) is 2.03. The summed E-state index contributed by atoms with van der Waals surface area (Å²) in [6.45, 7) is 5.04. The van der Waals surface area contributed by atoms with Gasteiger partial charge in [-0.1, -0.05) is 34.3 Å². The normalized spacial score (nSPS) is 12.6. The zero-order valence-corrected chi connectivity index (χ0v) is 10.3. The number of aryl methyl sites for hydroxylation is 1. The smallest absolute Gasteiger partial charge is 0.0893 e. The van der Waals surface area contributed by atoms with Gasteiger partial charge < -0.3 is 5.32 Å². The lowest BCUT2D eigenvalue weighted by molar-refractivity contribution is 0.567. The lowest BCUT2D eigenvalue weighted by Gasteiger charge is -2.13. The second-order valence-corrected chi connectivity index (χ2v) is 4.52. The van der Waals surface area contributed by atoms with E-state index in [9.17, 15) is 0 Å². The van der Waals surface area contributed by atoms with Crippen molar-refractivity contribution < 1.29 is 0 Å². The Morgan fingerprint density at radius 3 is 3.00 bits per heavy atom. The molecule has 0 radical (unpaired) electrons. The highest BCUT2D eigenvalue weighted by Gasteiger charge is 2.05. The van der Waals surface area contributed by atoms with Crippen molar-refractivity contribution in [3.63, 3.8) is 0 Å². The van der Waals surface area contributed by atoms with E-state index in [1.54, 1.807) is 0 Å². The lowest BCUT2D eigenvalue weighted by atomic mass is 10.1. The van der Waals surface area contributed by atoms with Crippen LogP contribution in [0.15, 0.2) is 29.6 Å². The van der Waals surface area contributed by atoms with Crippen LogP contribution in [0.5, 0.6) is 0 Å². The first-order chi connectivity index (χ1) is 7.75. The average molecular weight is 233 g/mol. The molecule has 1 aromatic carbocycles. The first-order valence-corrected chi connectivity index (χ1v) is 6.15. The van der Waals surface area contributed by atoms with E-state index in [4.69, 9.17) is 0 Å². The van der Waals surface area contributed by atoms with Crippen molar-refractivity contribution in [3.05, 3.63) is 46.5 Å². The summed E-state index contributed by atoms with van der Waals surface area (Å²) >= 11 is 1.39. The Labute approximate surface area is 99.7 Å². The number of benzene rings is 1. The highest BCUT2D eigenvalue weighted by Crippen LogP contribution is 2.14. The summed E-state index contributed by atoms with van der Waals surface area (Å²) in [5, 5.41) is 9.41. The molecule has 84 valence electrons. The van der Waals surface area contributed by atoms with Gasteiger partial charge in [0.2, 0.25) is 0 Å². The summed E-state index contributed by atoms with van der Waals surface area (Å²) in [5.41, 5.74) is 3.61. The first-order valence-electron chi connectivity index (χ1n) is 5.31. The van der Waals surface area contributed by atoms with E-state index in [0.29, 0.717) is 6.04 Å². The van der Waals surface area contributed by atoms with E-state index in [2.05, 4.69) is 53.0 Å². The molecule has 0 aliphatic carbocycles. The van der Waals surface area contributed by atoms with Crippen molar-refractivity contribution in [2.24, 2.45) is 0 Å². The summed E-state index contributed by atoms with van der Waals surface area (Å²) in [4.78, 5) is 0. The third-order valence-electron chi connectivity index (χ3n) is 2.54. The molecule has 1 aromatic heterocycles. The van der Waals surface area contributed by atoms with Crippen molar-refractivity contribution in [1.82, 2.24) is 14.9 Å². The molecule has 0 aliphatic heterocycles. The van der Waals surface area contributed by atoms with Crippen molar-refractivity contribution in [1.29, 1.82) is 0 Å². The lowest BCUT2D eigenvalue weighted by Crippen LogP contribution is -2.18. The highest BCUT2D eigenvalue weighted by molar-refractivity contribution is 7.03. The maximum absolute atomic E-state index is 4.01. The zero-order chi connectivity index (χ0) is 11.4. The summed E-state index contributed by atoms with van der Waals surface area (Å²) < 4.78 is 3.84. The van der Waals surface area contributed by atoms with Gasteiger partial charge in [-0.2, -0.15) is 0 Å². The predicted octanol–water partition coefficient (Wildman–Crippen LogP) is 2.70. The summed E-state index contributed by atoms with van der Waals surface area (Å²) in [6, 6.07) is 8.89. The molecule has 1 atom stereocenters. The van der Waals surface area contributed by atoms with Crippen LogP contribution in [0.25, 0.3) is 0 Å². The van der Waals surface area contributed by atoms with Crippen LogP contribution in [0, 0.1) is 6.92 Å². The molecule has 2 rings (SSSR count). The minimum atomic E-state index is 0.335. The van der Waals surface area contributed by atoms with Gasteiger partial charge in [-0.15, -0.1) is 5.10 Å². The molecule has 0 saturated heterocycles. The Hall–Kier alpha value is -1.26. The maximum Gasteiger partial charge on any atom is 0.0893 e. The molecular weight excluding hydrogens is 218 g/mol. The summed E-state index contributed by atoms with van der Waals surface area (Å²) in [5.74, 6) is 0. The van der Waals surface area contributed by atoms with Crippen molar-refractivity contribution in [3.8, 4) is 0 Å². The Balaban J connectivity index is 1.95. The number of hydrogen-bond acceptors (Lipinski definition) is 4. The monoisotopic (exact) mass is 233 g/mol. The van der Waals surface area contributed by atoms with E-state index < -0.39 is 0 Å². The van der Waals surface area contributed by atoms with Gasteiger partial charge in [-0.05, 0) is 30.9 Å². The van der Waals surface area contributed by atoms with Crippen LogP contribution in [-0.4, -0.2) is 9.59 Å². The number of aromatic nitrogens is 2. The van der Waals surface area contributed by atoms with E-state index >= 15 is 0 Å². The molecule has 0 aliphatic rings. The third-order valence-corrected chi connectivity index (χ3v) is 3.09. The van der Waals surface area contributed by atoms with Crippen LogP contribution >= 0.6 is 11.5 Å². The Kier molecular flexibility index (Phi) is 3.64. The van der Waals surface area contributed by atoms with Gasteiger partial charge in [-0.25, -0.2) is 0 Å². The first kappa shape index (κ1) is 11.2. The second-order valence-electron chi connectivity index (χ2n) is 3.91. The summed E-state index contributed by atoms with van der Waals surface area (Å²) in [7, 11) is 0. The Bertz CT molecular complexity index is 439. The van der Waals surface area contributed by atoms with E-state index in [1.165, 1.54) is 22.7 Å². The van der Waals surface area contributed by atoms with Gasteiger partial charge in [0.25, 0.3) is 0 Å². The van der Waals surface area contributed by atoms with Gasteiger partial charge in [0.15, 0.2) is 0 Å². The molecule has 0 bridgehead atoms. The van der Waals surface area contributed by atoms with Crippen LogP contribution in [-0.2, 0) is 6.54 Å². The van der Waals surface area contributed by atoms with Gasteiger partial charge in [0.05, 0.1) is 5.69 Å². The molecule has 1 heterocycles. The number of hydrogen-bond donors (Lipinski definition) is 1. The Morgan fingerprint density at radius 1 is 1.44 bits per heavy atom. The van der Waals surface area contributed by atoms with Gasteiger partial charge in [0.1, 0.15) is 0 Å². The average Bonchev–Trinajstić information content (AvgIpc) is 2.78. The van der Waals surface area contributed by atoms with Crippen LogP contribution in [0.1, 0.15) is 29.8 Å². The SMILES string of the molecule is Cc1cccc([C@@H](C)NCc2csnn2)c1. The van der Waals surface area contributed by atoms with Gasteiger partial charge >= 0.3 is 0 Å². The minimum Gasteiger partial charge on any atom is -0.304 e. The Morgan fingerprint density at radius 2 is 2.31 bits per heavy atom. The molecule has 1 N–H and O–H groups in total. The standard InChI is InChI=1S/C12H15N3S/c1-9-4-3-5-11(6-9)10(2)13-7-12-8-16-15-14-12/h3-6,8,10,13H,7H2,1-2H3/t10-/m1/s1. The molecular formula is C12H15N3S. The van der Waals surface area contributed by atoms with Crippen molar-refractivity contribution >= 4 is 11.5 Å². The van der Waals surface area contributed by atoms with Gasteiger partial charge in [-0.3, -0.25) is 0 Å². The number of nitrogens with one attached hydrogen (secondary N) is 1. The molecule has 0 unspecified atom stereocenters.